The van der Waals surface area contributed by atoms with Crippen LogP contribution in [0.4, 0.5) is 0 Å². The second-order valence-corrected chi connectivity index (χ2v) is 5.37. The standard InChI is InChI=1S/C15H11N3OS/c19-14-11-7-9-6-5-8-3-1-2-4-10(8)12(9)16-13(11)17-15(20)18-14/h1-4,7H,5-6H2,(H2,16,17,18,19,20). The van der Waals surface area contributed by atoms with E-state index in [-0.39, 0.29) is 5.56 Å². The number of nitrogens with one attached hydrogen (secondary N) is 2. The van der Waals surface area contributed by atoms with E-state index >= 15 is 0 Å². The summed E-state index contributed by atoms with van der Waals surface area (Å²) in [6.45, 7) is 0. The number of aromatic nitrogens is 3. The van der Waals surface area contributed by atoms with E-state index in [2.05, 4.69) is 27.1 Å². The molecule has 4 rings (SSSR count). The minimum absolute atomic E-state index is 0.182. The first-order valence-corrected chi connectivity index (χ1v) is 6.88. The lowest BCUT2D eigenvalue weighted by molar-refractivity contribution is 0.929. The molecule has 0 unspecified atom stereocenters. The Morgan fingerprint density at radius 1 is 1.10 bits per heavy atom. The van der Waals surface area contributed by atoms with Gasteiger partial charge in [0.2, 0.25) is 0 Å². The molecule has 0 saturated heterocycles. The van der Waals surface area contributed by atoms with Crippen LogP contribution in [0.5, 0.6) is 0 Å². The SMILES string of the molecule is O=c1[nH]c(=S)[nH]c2nc3c(cc12)CCc1ccccc1-3. The molecule has 0 fully saturated rings. The van der Waals surface area contributed by atoms with E-state index in [0.29, 0.717) is 15.8 Å². The van der Waals surface area contributed by atoms with Gasteiger partial charge in [-0.25, -0.2) is 4.98 Å². The molecule has 0 saturated carbocycles. The fourth-order valence-corrected chi connectivity index (χ4v) is 2.98. The van der Waals surface area contributed by atoms with Gasteiger partial charge in [0.15, 0.2) is 4.77 Å². The molecule has 0 spiro atoms. The Balaban J connectivity index is 2.12. The molecule has 1 aliphatic rings. The second-order valence-electron chi connectivity index (χ2n) is 4.96. The molecule has 98 valence electrons. The highest BCUT2D eigenvalue weighted by atomic mass is 32.1. The summed E-state index contributed by atoms with van der Waals surface area (Å²) in [5, 5.41) is 0.566. The quantitative estimate of drug-likeness (QED) is 0.623. The number of aromatic amines is 2. The molecule has 5 heteroatoms. The smallest absolute Gasteiger partial charge is 0.261 e. The third kappa shape index (κ3) is 1.63. The number of benzene rings is 1. The van der Waals surface area contributed by atoms with E-state index in [1.54, 1.807) is 0 Å². The van der Waals surface area contributed by atoms with Gasteiger partial charge in [-0.15, -0.1) is 0 Å². The van der Waals surface area contributed by atoms with Crippen LogP contribution in [-0.2, 0) is 12.8 Å². The number of nitrogens with zero attached hydrogens (tertiary/aromatic N) is 1. The first-order chi connectivity index (χ1) is 9.72. The number of hydrogen-bond donors (Lipinski definition) is 2. The van der Waals surface area contributed by atoms with Gasteiger partial charge in [-0.05, 0) is 42.3 Å². The van der Waals surface area contributed by atoms with E-state index < -0.39 is 0 Å². The Labute approximate surface area is 119 Å². The van der Waals surface area contributed by atoms with Crippen LogP contribution >= 0.6 is 12.2 Å². The van der Waals surface area contributed by atoms with Crippen molar-refractivity contribution in [2.24, 2.45) is 0 Å². The molecule has 2 N–H and O–H groups in total. The van der Waals surface area contributed by atoms with Crippen LogP contribution in [0.1, 0.15) is 11.1 Å². The van der Waals surface area contributed by atoms with Crippen LogP contribution in [0.15, 0.2) is 35.1 Å². The zero-order valence-corrected chi connectivity index (χ0v) is 11.4. The summed E-state index contributed by atoms with van der Waals surface area (Å²) in [5.41, 5.74) is 4.89. The van der Waals surface area contributed by atoms with Gasteiger partial charge in [0.05, 0.1) is 11.1 Å². The Hall–Kier alpha value is -2.27. The van der Waals surface area contributed by atoms with Gasteiger partial charge in [0.1, 0.15) is 5.65 Å². The fourth-order valence-electron chi connectivity index (χ4n) is 2.79. The van der Waals surface area contributed by atoms with Crippen LogP contribution in [0.2, 0.25) is 0 Å². The summed E-state index contributed by atoms with van der Waals surface area (Å²) < 4.78 is 0.305. The summed E-state index contributed by atoms with van der Waals surface area (Å²) in [6, 6.07) is 10.2. The first kappa shape index (κ1) is 11.5. The molecule has 1 aromatic carbocycles. The predicted molar refractivity (Wildman–Crippen MR) is 80.4 cm³/mol. The van der Waals surface area contributed by atoms with Gasteiger partial charge in [-0.1, -0.05) is 24.3 Å². The summed E-state index contributed by atoms with van der Waals surface area (Å²) in [4.78, 5) is 22.1. The van der Waals surface area contributed by atoms with Crippen molar-refractivity contribution in [1.29, 1.82) is 0 Å². The molecule has 20 heavy (non-hydrogen) atoms. The molecule has 4 nitrogen and oxygen atoms in total. The van der Waals surface area contributed by atoms with Crippen molar-refractivity contribution in [2.75, 3.05) is 0 Å². The van der Waals surface area contributed by atoms with E-state index in [1.807, 2.05) is 18.2 Å². The Bertz CT molecular complexity index is 955. The molecule has 0 bridgehead atoms. The molecular formula is C15H11N3OS. The highest BCUT2D eigenvalue weighted by molar-refractivity contribution is 7.71. The van der Waals surface area contributed by atoms with Gasteiger partial charge in [-0.2, -0.15) is 0 Å². The highest BCUT2D eigenvalue weighted by Crippen LogP contribution is 2.32. The summed E-state index contributed by atoms with van der Waals surface area (Å²) in [5.74, 6) is 0. The minimum Gasteiger partial charge on any atom is -0.316 e. The predicted octanol–water partition coefficient (Wildman–Crippen LogP) is 2.75. The van der Waals surface area contributed by atoms with Crippen LogP contribution in [0.25, 0.3) is 22.3 Å². The van der Waals surface area contributed by atoms with Crippen molar-refractivity contribution in [3.63, 3.8) is 0 Å². The molecule has 0 amide bonds. The highest BCUT2D eigenvalue weighted by Gasteiger charge is 2.18. The summed E-state index contributed by atoms with van der Waals surface area (Å²) >= 11 is 5.01. The van der Waals surface area contributed by atoms with E-state index in [9.17, 15) is 4.79 Å². The van der Waals surface area contributed by atoms with Gasteiger partial charge < -0.3 is 4.98 Å². The lowest BCUT2D eigenvalue weighted by atomic mass is 9.89. The topological polar surface area (TPSA) is 61.5 Å². The monoisotopic (exact) mass is 281 g/mol. The van der Waals surface area contributed by atoms with Gasteiger partial charge in [0, 0.05) is 5.56 Å². The third-order valence-electron chi connectivity index (χ3n) is 3.74. The largest absolute Gasteiger partial charge is 0.316 e. The molecule has 0 radical (unpaired) electrons. The van der Waals surface area contributed by atoms with Gasteiger partial charge >= 0.3 is 0 Å². The first-order valence-electron chi connectivity index (χ1n) is 6.47. The normalized spacial score (nSPS) is 13.0. The maximum absolute atomic E-state index is 11.9. The molecule has 3 aromatic rings. The lowest BCUT2D eigenvalue weighted by Crippen LogP contribution is -2.12. The number of pyridine rings is 1. The van der Waals surface area contributed by atoms with E-state index in [1.165, 1.54) is 5.56 Å². The van der Waals surface area contributed by atoms with E-state index in [0.717, 1.165) is 29.7 Å². The fraction of sp³-hybridized carbons (Fsp3) is 0.133. The number of fused-ring (bicyclic) bond motifs is 4. The zero-order chi connectivity index (χ0) is 13.7. The minimum atomic E-state index is -0.182. The van der Waals surface area contributed by atoms with Crippen molar-refractivity contribution in [3.05, 3.63) is 56.6 Å². The number of aryl methyl sites for hydroxylation is 2. The molecular weight excluding hydrogens is 270 g/mol. The van der Waals surface area contributed by atoms with Crippen molar-refractivity contribution < 1.29 is 0 Å². The van der Waals surface area contributed by atoms with Crippen LogP contribution in [0.3, 0.4) is 0 Å². The zero-order valence-electron chi connectivity index (χ0n) is 10.6. The number of rotatable bonds is 0. The average molecular weight is 281 g/mol. The van der Waals surface area contributed by atoms with Crippen LogP contribution in [-0.4, -0.2) is 15.0 Å². The van der Waals surface area contributed by atoms with Crippen LogP contribution in [0, 0.1) is 4.77 Å². The number of hydrogen-bond acceptors (Lipinski definition) is 3. The maximum Gasteiger partial charge on any atom is 0.261 e. The maximum atomic E-state index is 11.9. The molecule has 1 aliphatic carbocycles. The molecule has 2 aromatic heterocycles. The Kier molecular flexibility index (Phi) is 2.37. The van der Waals surface area contributed by atoms with Crippen molar-refractivity contribution in [2.45, 2.75) is 12.8 Å². The van der Waals surface area contributed by atoms with Crippen molar-refractivity contribution in [3.8, 4) is 11.3 Å². The molecule has 2 heterocycles. The molecule has 0 aliphatic heterocycles. The average Bonchev–Trinajstić information content (AvgIpc) is 2.45. The van der Waals surface area contributed by atoms with Gasteiger partial charge in [-0.3, -0.25) is 9.78 Å². The Morgan fingerprint density at radius 3 is 2.80 bits per heavy atom. The number of H-pyrrole nitrogens is 2. The van der Waals surface area contributed by atoms with Crippen molar-refractivity contribution >= 4 is 23.3 Å². The third-order valence-corrected chi connectivity index (χ3v) is 3.95. The van der Waals surface area contributed by atoms with E-state index in [4.69, 9.17) is 12.2 Å². The van der Waals surface area contributed by atoms with Crippen LogP contribution < -0.4 is 5.56 Å². The Morgan fingerprint density at radius 2 is 1.90 bits per heavy atom. The summed E-state index contributed by atoms with van der Waals surface area (Å²) in [6.07, 6.45) is 1.89. The lowest BCUT2D eigenvalue weighted by Gasteiger charge is -2.18. The van der Waals surface area contributed by atoms with Crippen molar-refractivity contribution in [1.82, 2.24) is 15.0 Å². The second kappa shape index (κ2) is 4.11. The van der Waals surface area contributed by atoms with Gasteiger partial charge in [0.25, 0.3) is 5.56 Å². The summed E-state index contributed by atoms with van der Waals surface area (Å²) in [7, 11) is 0. The molecule has 0 atom stereocenters.